The first-order chi connectivity index (χ1) is 17.1. The lowest BCUT2D eigenvalue weighted by molar-refractivity contribution is -0.138. The molecule has 5 rings (SSSR count). The third-order valence-electron chi connectivity index (χ3n) is 5.68. The van der Waals surface area contributed by atoms with Crippen LogP contribution in [0.15, 0.2) is 43.1 Å². The van der Waals surface area contributed by atoms with Crippen LogP contribution in [-0.4, -0.2) is 71.8 Å². The molecule has 1 aliphatic heterocycles. The number of nitrogens with one attached hydrogen (secondary N) is 2. The summed E-state index contributed by atoms with van der Waals surface area (Å²) in [5, 5.41) is 10.2. The molecule has 0 spiro atoms. The van der Waals surface area contributed by atoms with Gasteiger partial charge in [-0.05, 0) is 18.6 Å². The van der Waals surface area contributed by atoms with Crippen molar-refractivity contribution in [3.63, 3.8) is 0 Å². The maximum atomic E-state index is 12.2. The highest BCUT2D eigenvalue weighted by molar-refractivity contribution is 6.05. The molecule has 4 aromatic rings. The molecule has 1 fully saturated rings. The van der Waals surface area contributed by atoms with Crippen LogP contribution in [0.3, 0.4) is 0 Å². The highest BCUT2D eigenvalue weighted by Crippen LogP contribution is 2.24. The molecule has 180 valence electrons. The summed E-state index contributed by atoms with van der Waals surface area (Å²) in [4.78, 5) is 42.4. The highest BCUT2D eigenvalue weighted by atomic mass is 16.5. The number of Topliss-reactive ketones (excluding diaryl/α,β-unsaturated/α-hetero) is 1. The summed E-state index contributed by atoms with van der Waals surface area (Å²) in [7, 11) is 1.48. The van der Waals surface area contributed by atoms with Gasteiger partial charge in [-0.15, -0.1) is 0 Å². The molecule has 12 nitrogen and oxygen atoms in total. The van der Waals surface area contributed by atoms with Crippen LogP contribution in [-0.2, 0) is 20.9 Å². The SMILES string of the molecule is CCCNc1nc(-n2cc(-c3ccccn3)cn2)nc2c1ncn2C[C@H]1CC(=O)[C@@H](C(=O)NC)O1. The number of carbonyl (C=O) groups excluding carboxylic acids is 2. The van der Waals surface area contributed by atoms with E-state index in [9.17, 15) is 9.59 Å². The predicted octanol–water partition coefficient (Wildman–Crippen LogP) is 1.37. The molecule has 0 aromatic carbocycles. The number of rotatable bonds is 8. The van der Waals surface area contributed by atoms with E-state index >= 15 is 0 Å². The summed E-state index contributed by atoms with van der Waals surface area (Å²) in [5.74, 6) is 0.280. The monoisotopic (exact) mass is 475 g/mol. The van der Waals surface area contributed by atoms with Crippen molar-refractivity contribution in [2.75, 3.05) is 18.9 Å². The summed E-state index contributed by atoms with van der Waals surface area (Å²) in [6.45, 7) is 3.09. The van der Waals surface area contributed by atoms with E-state index in [0.29, 0.717) is 36.0 Å². The smallest absolute Gasteiger partial charge is 0.256 e. The zero-order chi connectivity index (χ0) is 24.4. The Morgan fingerprint density at radius 1 is 1.26 bits per heavy atom. The molecular formula is C23H25N9O3. The number of likely N-dealkylation sites (N-methyl/N-ethyl adjacent to an activating group) is 1. The summed E-state index contributed by atoms with van der Waals surface area (Å²) >= 11 is 0. The number of imidazole rings is 1. The van der Waals surface area contributed by atoms with Gasteiger partial charge >= 0.3 is 0 Å². The number of carbonyl (C=O) groups is 2. The minimum Gasteiger partial charge on any atom is -0.368 e. The van der Waals surface area contributed by atoms with Crippen LogP contribution in [0, 0.1) is 0 Å². The van der Waals surface area contributed by atoms with Gasteiger partial charge in [0.25, 0.3) is 11.9 Å². The fraction of sp³-hybridized carbons (Fsp3) is 0.348. The van der Waals surface area contributed by atoms with Crippen LogP contribution in [0.1, 0.15) is 19.8 Å². The predicted molar refractivity (Wildman–Crippen MR) is 127 cm³/mol. The Balaban J connectivity index is 1.48. The lowest BCUT2D eigenvalue weighted by Gasteiger charge is -2.13. The van der Waals surface area contributed by atoms with Crippen molar-refractivity contribution in [1.82, 2.24) is 39.6 Å². The van der Waals surface area contributed by atoms with Crippen LogP contribution in [0.25, 0.3) is 28.4 Å². The molecule has 2 N–H and O–H groups in total. The van der Waals surface area contributed by atoms with Crippen LogP contribution in [0.5, 0.6) is 0 Å². The Labute approximate surface area is 200 Å². The topological polar surface area (TPSA) is 142 Å². The third-order valence-corrected chi connectivity index (χ3v) is 5.68. The lowest BCUT2D eigenvalue weighted by atomic mass is 10.1. The molecule has 4 aromatic heterocycles. The maximum Gasteiger partial charge on any atom is 0.256 e. The molecule has 2 atom stereocenters. The van der Waals surface area contributed by atoms with E-state index < -0.39 is 18.1 Å². The van der Waals surface area contributed by atoms with Crippen molar-refractivity contribution >= 4 is 28.7 Å². The number of aromatic nitrogens is 7. The van der Waals surface area contributed by atoms with Gasteiger partial charge in [-0.2, -0.15) is 15.1 Å². The van der Waals surface area contributed by atoms with Crippen LogP contribution >= 0.6 is 0 Å². The van der Waals surface area contributed by atoms with E-state index in [1.165, 1.54) is 7.05 Å². The minimum atomic E-state index is -1.08. The van der Waals surface area contributed by atoms with Gasteiger partial charge in [0.05, 0.1) is 30.9 Å². The van der Waals surface area contributed by atoms with Gasteiger partial charge in [0, 0.05) is 38.0 Å². The normalized spacial score (nSPS) is 17.7. The molecule has 1 amide bonds. The minimum absolute atomic E-state index is 0.142. The maximum absolute atomic E-state index is 12.2. The first-order valence-corrected chi connectivity index (χ1v) is 11.4. The highest BCUT2D eigenvalue weighted by Gasteiger charge is 2.38. The Morgan fingerprint density at radius 2 is 2.14 bits per heavy atom. The average Bonchev–Trinajstić information content (AvgIpc) is 3.62. The number of ketones is 1. The van der Waals surface area contributed by atoms with Crippen LogP contribution in [0.2, 0.25) is 0 Å². The van der Waals surface area contributed by atoms with Gasteiger partial charge in [-0.3, -0.25) is 14.6 Å². The van der Waals surface area contributed by atoms with Gasteiger partial charge in [0.15, 0.2) is 28.9 Å². The van der Waals surface area contributed by atoms with E-state index in [1.54, 1.807) is 23.4 Å². The van der Waals surface area contributed by atoms with E-state index in [1.807, 2.05) is 29.0 Å². The van der Waals surface area contributed by atoms with Crippen molar-refractivity contribution in [2.45, 2.75) is 38.5 Å². The molecule has 0 radical (unpaired) electrons. The van der Waals surface area contributed by atoms with Gasteiger partial charge in [-0.25, -0.2) is 9.67 Å². The molecule has 0 unspecified atom stereocenters. The number of hydrogen-bond donors (Lipinski definition) is 2. The van der Waals surface area contributed by atoms with Crippen molar-refractivity contribution in [3.05, 3.63) is 43.1 Å². The van der Waals surface area contributed by atoms with E-state index in [2.05, 4.69) is 37.6 Å². The Bertz CT molecular complexity index is 1370. The van der Waals surface area contributed by atoms with Crippen molar-refractivity contribution in [3.8, 4) is 17.2 Å². The number of pyridine rings is 1. The molecule has 0 saturated carbocycles. The van der Waals surface area contributed by atoms with Gasteiger partial charge in [0.1, 0.15) is 0 Å². The van der Waals surface area contributed by atoms with E-state index in [0.717, 1.165) is 17.7 Å². The molecule has 1 saturated heterocycles. The Kier molecular flexibility index (Phi) is 6.19. The summed E-state index contributed by atoms with van der Waals surface area (Å²) in [6, 6.07) is 5.68. The second-order valence-corrected chi connectivity index (χ2v) is 8.18. The second kappa shape index (κ2) is 9.58. The zero-order valence-corrected chi connectivity index (χ0v) is 19.4. The number of nitrogens with zero attached hydrogens (tertiary/aromatic N) is 7. The number of hydrogen-bond acceptors (Lipinski definition) is 9. The fourth-order valence-corrected chi connectivity index (χ4v) is 3.95. The van der Waals surface area contributed by atoms with E-state index in [4.69, 9.17) is 9.72 Å². The first kappa shape index (κ1) is 22.6. The standard InChI is InChI=1S/C23H25N9O3/c1-3-7-26-20-18-21(31(13-27-18)12-15-9-17(33)19(35-15)22(34)24-2)30-23(29-20)32-11-14(10-28-32)16-6-4-5-8-25-16/h4-6,8,10-11,13,15,19H,3,7,9,12H2,1-2H3,(H,24,34)(H,26,29,30)/t15-,19+/m1/s1. The van der Waals surface area contributed by atoms with Crippen molar-refractivity contribution in [1.29, 1.82) is 0 Å². The number of amides is 1. The fourth-order valence-electron chi connectivity index (χ4n) is 3.95. The molecule has 12 heteroatoms. The zero-order valence-electron chi connectivity index (χ0n) is 19.4. The first-order valence-electron chi connectivity index (χ1n) is 11.4. The van der Waals surface area contributed by atoms with Crippen molar-refractivity contribution in [2.24, 2.45) is 0 Å². The molecule has 35 heavy (non-hydrogen) atoms. The Hall–Kier alpha value is -4.19. The number of fused-ring (bicyclic) bond motifs is 1. The average molecular weight is 476 g/mol. The van der Waals surface area contributed by atoms with Crippen LogP contribution in [0.4, 0.5) is 5.82 Å². The van der Waals surface area contributed by atoms with Crippen LogP contribution < -0.4 is 10.6 Å². The van der Waals surface area contributed by atoms with Crippen molar-refractivity contribution < 1.29 is 14.3 Å². The summed E-state index contributed by atoms with van der Waals surface area (Å²) < 4.78 is 9.12. The lowest BCUT2D eigenvalue weighted by Crippen LogP contribution is -2.36. The van der Waals surface area contributed by atoms with E-state index in [-0.39, 0.29) is 12.2 Å². The summed E-state index contributed by atoms with van der Waals surface area (Å²) in [5.41, 5.74) is 2.81. The summed E-state index contributed by atoms with van der Waals surface area (Å²) in [6.07, 6.45) is 6.40. The van der Waals surface area contributed by atoms with Gasteiger partial charge in [0.2, 0.25) is 0 Å². The van der Waals surface area contributed by atoms with Gasteiger partial charge in [-0.1, -0.05) is 13.0 Å². The quantitative estimate of drug-likeness (QED) is 0.361. The molecule has 5 heterocycles. The molecule has 0 bridgehead atoms. The number of ether oxygens (including phenoxy) is 1. The third kappa shape index (κ3) is 4.47. The molecular weight excluding hydrogens is 450 g/mol. The second-order valence-electron chi connectivity index (χ2n) is 8.18. The number of anilines is 1. The largest absolute Gasteiger partial charge is 0.368 e. The van der Waals surface area contributed by atoms with Gasteiger partial charge < -0.3 is 19.9 Å². The molecule has 0 aliphatic carbocycles. The Morgan fingerprint density at radius 3 is 2.91 bits per heavy atom. The molecule has 1 aliphatic rings.